The van der Waals surface area contributed by atoms with E-state index in [1.165, 1.54) is 0 Å². The molecule has 0 aliphatic carbocycles. The quantitative estimate of drug-likeness (QED) is 0.540. The van der Waals surface area contributed by atoms with Gasteiger partial charge in [-0.05, 0) is 85.5 Å². The Bertz CT molecular complexity index is 1330. The maximum Gasteiger partial charge on any atom is 0.282 e. The highest BCUT2D eigenvalue weighted by Crippen LogP contribution is 2.35. The van der Waals surface area contributed by atoms with E-state index in [1.807, 2.05) is 45.0 Å². The molecule has 0 saturated carbocycles. The highest BCUT2D eigenvalue weighted by molar-refractivity contribution is 6.46. The van der Waals surface area contributed by atoms with Crippen LogP contribution in [0.2, 0.25) is 5.02 Å². The van der Waals surface area contributed by atoms with Crippen LogP contribution in [0.15, 0.2) is 66.4 Å². The van der Waals surface area contributed by atoms with E-state index in [-0.39, 0.29) is 5.70 Å². The van der Waals surface area contributed by atoms with Crippen LogP contribution in [-0.4, -0.2) is 11.8 Å². The number of nitrogens with zero attached hydrogens (tertiary/aromatic N) is 2. The predicted molar refractivity (Wildman–Crippen MR) is 126 cm³/mol. The molecule has 0 fully saturated rings. The monoisotopic (exact) mass is 441 g/mol. The Labute approximate surface area is 191 Å². The minimum Gasteiger partial charge on any atom is -0.350 e. The normalized spacial score (nSPS) is 13.5. The van der Waals surface area contributed by atoms with Crippen molar-refractivity contribution < 1.29 is 9.59 Å². The highest BCUT2D eigenvalue weighted by atomic mass is 35.5. The number of carbonyl (C=O) groups is 2. The van der Waals surface area contributed by atoms with E-state index in [9.17, 15) is 9.59 Å². The molecule has 5 nitrogen and oxygen atoms in total. The molecule has 158 valence electrons. The van der Waals surface area contributed by atoms with Crippen LogP contribution < -0.4 is 10.2 Å². The van der Waals surface area contributed by atoms with Gasteiger partial charge in [0.2, 0.25) is 0 Å². The molecule has 1 heterocycles. The summed E-state index contributed by atoms with van der Waals surface area (Å²) in [7, 11) is 0. The molecule has 1 aliphatic rings. The first-order valence-electron chi connectivity index (χ1n) is 10.0. The van der Waals surface area contributed by atoms with Crippen LogP contribution in [0, 0.1) is 32.1 Å². The molecule has 2 amide bonds. The zero-order valence-electron chi connectivity index (χ0n) is 17.9. The van der Waals surface area contributed by atoms with Crippen LogP contribution in [-0.2, 0) is 9.59 Å². The lowest BCUT2D eigenvalue weighted by Crippen LogP contribution is -2.32. The first-order chi connectivity index (χ1) is 15.3. The van der Waals surface area contributed by atoms with Gasteiger partial charge in [0.1, 0.15) is 5.70 Å². The SMILES string of the molecule is Cc1ccc(C2=C(Nc3ccc(Cl)cc3C)C(=O)N(c3ccc(C#N)cc3)C2=O)cc1C. The van der Waals surface area contributed by atoms with Gasteiger partial charge in [-0.25, -0.2) is 4.90 Å². The fourth-order valence-corrected chi connectivity index (χ4v) is 3.86. The van der Waals surface area contributed by atoms with Gasteiger partial charge in [0.15, 0.2) is 0 Å². The van der Waals surface area contributed by atoms with E-state index < -0.39 is 11.8 Å². The summed E-state index contributed by atoms with van der Waals surface area (Å²) in [6.45, 7) is 5.84. The number of nitriles is 1. The Morgan fingerprint density at radius 2 is 1.56 bits per heavy atom. The summed E-state index contributed by atoms with van der Waals surface area (Å²) in [6.07, 6.45) is 0. The van der Waals surface area contributed by atoms with Gasteiger partial charge in [-0.15, -0.1) is 0 Å². The Balaban J connectivity index is 1.85. The smallest absolute Gasteiger partial charge is 0.282 e. The second kappa shape index (κ2) is 8.33. The van der Waals surface area contributed by atoms with Gasteiger partial charge in [0.05, 0.1) is 22.9 Å². The lowest BCUT2D eigenvalue weighted by Gasteiger charge is -2.16. The minimum atomic E-state index is -0.456. The number of nitrogens with one attached hydrogen (secondary N) is 1. The zero-order chi connectivity index (χ0) is 23.0. The van der Waals surface area contributed by atoms with Gasteiger partial charge in [-0.2, -0.15) is 5.26 Å². The average molecular weight is 442 g/mol. The maximum atomic E-state index is 13.5. The van der Waals surface area contributed by atoms with Crippen LogP contribution >= 0.6 is 11.6 Å². The molecular formula is C26H20ClN3O2. The van der Waals surface area contributed by atoms with E-state index in [1.54, 1.807) is 42.5 Å². The second-order valence-electron chi connectivity index (χ2n) is 7.74. The number of amides is 2. The summed E-state index contributed by atoms with van der Waals surface area (Å²) < 4.78 is 0. The Morgan fingerprint density at radius 3 is 2.19 bits per heavy atom. The lowest BCUT2D eigenvalue weighted by molar-refractivity contribution is -0.120. The van der Waals surface area contributed by atoms with E-state index in [0.717, 1.165) is 21.6 Å². The molecule has 32 heavy (non-hydrogen) atoms. The molecular weight excluding hydrogens is 422 g/mol. The molecule has 4 rings (SSSR count). The van der Waals surface area contributed by atoms with E-state index >= 15 is 0 Å². The molecule has 1 aliphatic heterocycles. The third-order valence-corrected chi connectivity index (χ3v) is 5.82. The van der Waals surface area contributed by atoms with Crippen molar-refractivity contribution in [1.82, 2.24) is 0 Å². The van der Waals surface area contributed by atoms with Gasteiger partial charge in [-0.3, -0.25) is 9.59 Å². The van der Waals surface area contributed by atoms with E-state index in [4.69, 9.17) is 16.9 Å². The van der Waals surface area contributed by atoms with Crippen molar-refractivity contribution in [2.45, 2.75) is 20.8 Å². The summed E-state index contributed by atoms with van der Waals surface area (Å²) in [5.74, 6) is -0.876. The predicted octanol–water partition coefficient (Wildman–Crippen LogP) is 5.53. The lowest BCUT2D eigenvalue weighted by atomic mass is 9.99. The molecule has 3 aromatic rings. The standard InChI is InChI=1S/C26H20ClN3O2/c1-15-4-7-19(12-16(15)2)23-24(29-22-11-8-20(27)13-17(22)3)26(32)30(25(23)31)21-9-5-18(14-28)6-10-21/h4-13,29H,1-3H3. The maximum absolute atomic E-state index is 13.5. The average Bonchev–Trinajstić information content (AvgIpc) is 3.01. The molecule has 0 unspecified atom stereocenters. The number of anilines is 2. The summed E-state index contributed by atoms with van der Waals surface area (Å²) in [5, 5.41) is 12.8. The third-order valence-electron chi connectivity index (χ3n) is 5.58. The number of rotatable bonds is 4. The summed E-state index contributed by atoms with van der Waals surface area (Å²) in [5.41, 5.74) is 5.68. The van der Waals surface area contributed by atoms with Crippen LogP contribution in [0.3, 0.4) is 0 Å². The van der Waals surface area contributed by atoms with E-state index in [2.05, 4.69) is 5.32 Å². The molecule has 1 N–H and O–H groups in total. The van der Waals surface area contributed by atoms with Gasteiger partial charge < -0.3 is 5.32 Å². The van der Waals surface area contributed by atoms with Crippen LogP contribution in [0.25, 0.3) is 5.57 Å². The van der Waals surface area contributed by atoms with Crippen molar-refractivity contribution in [3.8, 4) is 6.07 Å². The zero-order valence-corrected chi connectivity index (χ0v) is 18.6. The van der Waals surface area contributed by atoms with Crippen molar-refractivity contribution in [2.75, 3.05) is 10.2 Å². The topological polar surface area (TPSA) is 73.2 Å². The number of hydrogen-bond donors (Lipinski definition) is 1. The minimum absolute atomic E-state index is 0.202. The number of carbonyl (C=O) groups excluding carboxylic acids is 2. The molecule has 0 spiro atoms. The molecule has 0 saturated heterocycles. The van der Waals surface area contributed by atoms with Gasteiger partial charge >= 0.3 is 0 Å². The largest absolute Gasteiger partial charge is 0.350 e. The molecule has 0 radical (unpaired) electrons. The number of imide groups is 1. The van der Waals surface area contributed by atoms with Crippen molar-refractivity contribution in [1.29, 1.82) is 5.26 Å². The molecule has 6 heteroatoms. The Hall–Kier alpha value is -3.88. The van der Waals surface area contributed by atoms with Crippen molar-refractivity contribution in [3.63, 3.8) is 0 Å². The van der Waals surface area contributed by atoms with Gasteiger partial charge in [0, 0.05) is 10.7 Å². The molecule has 0 bridgehead atoms. The summed E-state index contributed by atoms with van der Waals surface area (Å²) in [6, 6.07) is 19.4. The van der Waals surface area contributed by atoms with Gasteiger partial charge in [0.25, 0.3) is 11.8 Å². The third kappa shape index (κ3) is 3.77. The molecule has 0 aromatic heterocycles. The highest BCUT2D eigenvalue weighted by Gasteiger charge is 2.40. The van der Waals surface area contributed by atoms with Crippen LogP contribution in [0.4, 0.5) is 11.4 Å². The number of benzene rings is 3. The van der Waals surface area contributed by atoms with Crippen LogP contribution in [0.5, 0.6) is 0 Å². The van der Waals surface area contributed by atoms with Crippen LogP contribution in [0.1, 0.15) is 27.8 Å². The van der Waals surface area contributed by atoms with E-state index in [0.29, 0.717) is 33.1 Å². The molecule has 0 atom stereocenters. The first kappa shape index (κ1) is 21.4. The van der Waals surface area contributed by atoms with Crippen molar-refractivity contribution >= 4 is 40.4 Å². The van der Waals surface area contributed by atoms with Crippen molar-refractivity contribution in [3.05, 3.63) is 99.2 Å². The number of halogens is 1. The fraction of sp³-hybridized carbons (Fsp3) is 0.115. The first-order valence-corrected chi connectivity index (χ1v) is 10.4. The van der Waals surface area contributed by atoms with Gasteiger partial charge in [-0.1, -0.05) is 29.8 Å². The fourth-order valence-electron chi connectivity index (χ4n) is 3.63. The Kier molecular flexibility index (Phi) is 5.56. The Morgan fingerprint density at radius 1 is 0.844 bits per heavy atom. The summed E-state index contributed by atoms with van der Waals surface area (Å²) in [4.78, 5) is 28.1. The second-order valence-corrected chi connectivity index (χ2v) is 8.17. The molecule has 3 aromatic carbocycles. The van der Waals surface area contributed by atoms with Crippen molar-refractivity contribution in [2.24, 2.45) is 0 Å². The number of aryl methyl sites for hydroxylation is 3. The number of hydrogen-bond acceptors (Lipinski definition) is 4. The summed E-state index contributed by atoms with van der Waals surface area (Å²) >= 11 is 6.08.